The number of nitrogens with zero attached hydrogens (tertiary/aromatic N) is 1. The van der Waals surface area contributed by atoms with Gasteiger partial charge in [0.05, 0.1) is 6.04 Å². The molecule has 0 aromatic heterocycles. The van der Waals surface area contributed by atoms with Crippen molar-refractivity contribution >= 4 is 12.0 Å². The number of carbonyl (C=O) groups is 2. The van der Waals surface area contributed by atoms with E-state index in [2.05, 4.69) is 76.2 Å². The van der Waals surface area contributed by atoms with Gasteiger partial charge in [-0.15, -0.1) is 0 Å². The van der Waals surface area contributed by atoms with Crippen LogP contribution in [0.15, 0.2) is 121 Å². The Hall–Kier alpha value is -4.67. The molecule has 4 aromatic rings. The fraction of sp³-hybridized carbons (Fsp3) is 0.350. The van der Waals surface area contributed by atoms with E-state index in [-0.39, 0.29) is 12.1 Å². The smallest absolute Gasteiger partial charge is 0.475 e. The first-order valence-corrected chi connectivity index (χ1v) is 17.0. The average molecular weight is 690 g/mol. The number of nitrogens with one attached hydrogen (secondary N) is 2. The number of aliphatic hydroxyl groups is 1. The molecule has 5 rings (SSSR count). The number of hydrogen-bond donors (Lipinski definition) is 4. The predicted octanol–water partition coefficient (Wildman–Crippen LogP) is 7.89. The number of amides is 2. The van der Waals surface area contributed by atoms with Crippen molar-refractivity contribution < 1.29 is 33.0 Å². The predicted molar refractivity (Wildman–Crippen MR) is 188 cm³/mol. The molecule has 1 aliphatic carbocycles. The van der Waals surface area contributed by atoms with E-state index >= 15 is 0 Å². The number of carboxylic acids is 1. The van der Waals surface area contributed by atoms with Gasteiger partial charge in [-0.1, -0.05) is 121 Å². The zero-order chi connectivity index (χ0) is 36.0. The number of carbonyl (C=O) groups excluding carboxylic acids is 1. The number of benzene rings is 4. The largest absolute Gasteiger partial charge is 0.490 e. The standard InChI is InChI=1S/C38H45N3O2.C2HF3O2/c1-30(38(43,34-18-10-4-11-19-34)35-20-12-5-13-21-35)39-37(42)40-36-24-22-31(23-25-36)26-27-41(28-32-14-6-2-7-15-32)29-33-16-8-3-9-17-33;3-2(4,5)1(6)7/h2-21,30-31,36,43H,22-29H2,1H3,(H2,39,40,42);(H,6,7)/t30-,31-,36-;/m1./s1. The number of halogens is 3. The van der Waals surface area contributed by atoms with Crippen molar-refractivity contribution in [1.29, 1.82) is 0 Å². The number of rotatable bonds is 12. The minimum Gasteiger partial charge on any atom is -0.475 e. The minimum absolute atomic E-state index is 0.148. The minimum atomic E-state index is -5.08. The van der Waals surface area contributed by atoms with Crippen molar-refractivity contribution in [2.24, 2.45) is 5.92 Å². The van der Waals surface area contributed by atoms with E-state index in [4.69, 9.17) is 9.90 Å². The quantitative estimate of drug-likeness (QED) is 0.121. The number of aliphatic carboxylic acids is 1. The molecule has 1 fully saturated rings. The summed E-state index contributed by atoms with van der Waals surface area (Å²) in [7, 11) is 0. The van der Waals surface area contributed by atoms with Crippen LogP contribution in [-0.4, -0.2) is 51.9 Å². The van der Waals surface area contributed by atoms with Gasteiger partial charge < -0.3 is 20.8 Å². The maximum Gasteiger partial charge on any atom is 0.490 e. The van der Waals surface area contributed by atoms with Gasteiger partial charge in [0.2, 0.25) is 0 Å². The topological polar surface area (TPSA) is 102 Å². The van der Waals surface area contributed by atoms with E-state index in [0.717, 1.165) is 62.9 Å². The first kappa shape index (κ1) is 38.1. The summed E-state index contributed by atoms with van der Waals surface area (Å²) in [5.41, 5.74) is 2.85. The Labute approximate surface area is 292 Å². The molecule has 0 spiro atoms. The summed E-state index contributed by atoms with van der Waals surface area (Å²) in [5, 5.41) is 25.3. The van der Waals surface area contributed by atoms with E-state index < -0.39 is 23.8 Å². The Morgan fingerprint density at radius 1 is 0.740 bits per heavy atom. The summed E-state index contributed by atoms with van der Waals surface area (Å²) in [6.07, 6.45) is 0.264. The molecule has 0 heterocycles. The average Bonchev–Trinajstić information content (AvgIpc) is 3.12. The van der Waals surface area contributed by atoms with Crippen molar-refractivity contribution in [2.75, 3.05) is 6.54 Å². The van der Waals surface area contributed by atoms with Gasteiger partial charge in [0, 0.05) is 19.1 Å². The number of carboxylic acid groups (broad SMARTS) is 1. The summed E-state index contributed by atoms with van der Waals surface area (Å²) >= 11 is 0. The van der Waals surface area contributed by atoms with Gasteiger partial charge in [-0.3, -0.25) is 4.90 Å². The van der Waals surface area contributed by atoms with Crippen LogP contribution in [0.3, 0.4) is 0 Å². The number of urea groups is 1. The molecule has 0 unspecified atom stereocenters. The van der Waals surface area contributed by atoms with Gasteiger partial charge in [0.15, 0.2) is 0 Å². The van der Waals surface area contributed by atoms with Crippen LogP contribution in [0.2, 0.25) is 0 Å². The van der Waals surface area contributed by atoms with Crippen LogP contribution in [0.25, 0.3) is 0 Å². The number of hydrogen-bond acceptors (Lipinski definition) is 4. The molecule has 4 aromatic carbocycles. The summed E-state index contributed by atoms with van der Waals surface area (Å²) in [6.45, 7) is 4.82. The zero-order valence-electron chi connectivity index (χ0n) is 28.2. The highest BCUT2D eigenvalue weighted by atomic mass is 19.4. The Kier molecular flexibility index (Phi) is 14.0. The van der Waals surface area contributed by atoms with Crippen molar-refractivity contribution in [3.63, 3.8) is 0 Å². The Morgan fingerprint density at radius 2 is 1.14 bits per heavy atom. The van der Waals surface area contributed by atoms with Gasteiger partial charge >= 0.3 is 18.2 Å². The lowest BCUT2D eigenvalue weighted by Gasteiger charge is -2.36. The Morgan fingerprint density at radius 3 is 1.54 bits per heavy atom. The van der Waals surface area contributed by atoms with E-state index in [0.29, 0.717) is 5.92 Å². The van der Waals surface area contributed by atoms with Gasteiger partial charge in [0.1, 0.15) is 5.60 Å². The molecule has 2 amide bonds. The maximum absolute atomic E-state index is 13.1. The molecule has 1 atom stereocenters. The first-order valence-electron chi connectivity index (χ1n) is 17.0. The third kappa shape index (κ3) is 11.5. The Bertz CT molecular complexity index is 1500. The summed E-state index contributed by atoms with van der Waals surface area (Å²) in [6, 6.07) is 40.0. The van der Waals surface area contributed by atoms with E-state index in [1.807, 2.05) is 67.6 Å². The fourth-order valence-corrected chi connectivity index (χ4v) is 6.44. The summed E-state index contributed by atoms with van der Waals surface area (Å²) in [5.74, 6) is -2.09. The van der Waals surface area contributed by atoms with Crippen LogP contribution in [-0.2, 0) is 23.5 Å². The second-order valence-corrected chi connectivity index (χ2v) is 12.8. The van der Waals surface area contributed by atoms with Crippen molar-refractivity contribution in [3.8, 4) is 0 Å². The molecule has 7 nitrogen and oxygen atoms in total. The zero-order valence-corrected chi connectivity index (χ0v) is 28.2. The summed E-state index contributed by atoms with van der Waals surface area (Å²) < 4.78 is 31.7. The van der Waals surface area contributed by atoms with E-state index in [9.17, 15) is 23.1 Å². The van der Waals surface area contributed by atoms with Crippen molar-refractivity contribution in [2.45, 2.75) is 76.0 Å². The van der Waals surface area contributed by atoms with Gasteiger partial charge in [-0.05, 0) is 73.7 Å². The highest BCUT2D eigenvalue weighted by Crippen LogP contribution is 2.33. The van der Waals surface area contributed by atoms with Crippen LogP contribution in [0.5, 0.6) is 0 Å². The molecule has 10 heteroatoms. The lowest BCUT2D eigenvalue weighted by atomic mass is 9.81. The Balaban J connectivity index is 0.000000727. The second kappa shape index (κ2) is 18.4. The van der Waals surface area contributed by atoms with Gasteiger partial charge in [0.25, 0.3) is 0 Å². The normalized spacial score (nSPS) is 16.8. The van der Waals surface area contributed by atoms with Gasteiger partial charge in [-0.25, -0.2) is 9.59 Å². The third-order valence-corrected chi connectivity index (χ3v) is 9.18. The molecular weight excluding hydrogens is 643 g/mol. The van der Waals surface area contributed by atoms with E-state index in [1.54, 1.807) is 0 Å². The lowest BCUT2D eigenvalue weighted by Crippen LogP contribution is -2.54. The van der Waals surface area contributed by atoms with Crippen LogP contribution >= 0.6 is 0 Å². The van der Waals surface area contributed by atoms with Crippen LogP contribution in [0.1, 0.15) is 61.3 Å². The van der Waals surface area contributed by atoms with Crippen molar-refractivity contribution in [3.05, 3.63) is 144 Å². The second-order valence-electron chi connectivity index (χ2n) is 12.8. The molecule has 4 N–H and O–H groups in total. The third-order valence-electron chi connectivity index (χ3n) is 9.18. The SMILES string of the molecule is C[C@@H](NC(=O)N[C@H]1CC[C@H](CCN(Cc2ccccc2)Cc2ccccc2)CC1)C(O)(c1ccccc1)c1ccccc1.O=C(O)C(F)(F)F. The highest BCUT2D eigenvalue weighted by molar-refractivity contribution is 5.75. The lowest BCUT2D eigenvalue weighted by molar-refractivity contribution is -0.192. The van der Waals surface area contributed by atoms with Crippen molar-refractivity contribution in [1.82, 2.24) is 15.5 Å². The first-order chi connectivity index (χ1) is 23.9. The van der Waals surface area contributed by atoms with E-state index in [1.165, 1.54) is 11.1 Å². The molecule has 0 radical (unpaired) electrons. The monoisotopic (exact) mass is 689 g/mol. The molecule has 266 valence electrons. The highest BCUT2D eigenvalue weighted by Gasteiger charge is 2.39. The molecule has 0 saturated heterocycles. The maximum atomic E-state index is 13.1. The summed E-state index contributed by atoms with van der Waals surface area (Å²) in [4.78, 5) is 24.6. The van der Waals surface area contributed by atoms with Crippen LogP contribution < -0.4 is 10.6 Å². The van der Waals surface area contributed by atoms with Crippen LogP contribution in [0.4, 0.5) is 18.0 Å². The number of alkyl halides is 3. The molecular formula is C40H46F3N3O4. The van der Waals surface area contributed by atoms with Crippen LogP contribution in [0, 0.1) is 5.92 Å². The molecule has 0 bridgehead atoms. The molecule has 50 heavy (non-hydrogen) atoms. The fourth-order valence-electron chi connectivity index (χ4n) is 6.44. The van der Waals surface area contributed by atoms with Gasteiger partial charge in [-0.2, -0.15) is 13.2 Å². The molecule has 0 aliphatic heterocycles. The molecule has 1 saturated carbocycles. The molecule has 1 aliphatic rings.